The van der Waals surface area contributed by atoms with E-state index in [4.69, 9.17) is 16.3 Å². The largest absolute Gasteiger partial charge is 0.488 e. The summed E-state index contributed by atoms with van der Waals surface area (Å²) in [5, 5.41) is 10.3. The summed E-state index contributed by atoms with van der Waals surface area (Å²) in [5.41, 5.74) is 4.35. The molecular formula is C23H17BrClNO. The lowest BCUT2D eigenvalue weighted by Crippen LogP contribution is -1.98. The average molecular weight is 439 g/mol. The van der Waals surface area contributed by atoms with Crippen LogP contribution in [0.1, 0.15) is 22.3 Å². The van der Waals surface area contributed by atoms with Crippen molar-refractivity contribution in [1.82, 2.24) is 0 Å². The van der Waals surface area contributed by atoms with Crippen LogP contribution in [-0.4, -0.2) is 0 Å². The molecule has 0 aliphatic carbocycles. The zero-order valence-electron chi connectivity index (χ0n) is 14.7. The monoisotopic (exact) mass is 437 g/mol. The molecule has 0 atom stereocenters. The van der Waals surface area contributed by atoms with Crippen LogP contribution in [-0.2, 0) is 6.61 Å². The first-order chi connectivity index (χ1) is 13.1. The number of hydrogen-bond acceptors (Lipinski definition) is 2. The van der Waals surface area contributed by atoms with Crippen molar-refractivity contribution in [2.24, 2.45) is 0 Å². The molecule has 4 heteroatoms. The normalized spacial score (nSPS) is 11.1. The van der Waals surface area contributed by atoms with Crippen LogP contribution in [0.4, 0.5) is 0 Å². The molecular weight excluding hydrogens is 422 g/mol. The van der Waals surface area contributed by atoms with Crippen molar-refractivity contribution in [3.63, 3.8) is 0 Å². The third kappa shape index (κ3) is 5.01. The first kappa shape index (κ1) is 19.2. The Labute approximate surface area is 172 Å². The van der Waals surface area contributed by atoms with Gasteiger partial charge in [-0.15, -0.1) is 0 Å². The lowest BCUT2D eigenvalue weighted by atomic mass is 10.0. The van der Waals surface area contributed by atoms with Gasteiger partial charge in [-0.25, -0.2) is 0 Å². The number of allylic oxidation sites excluding steroid dienone is 1. The summed E-state index contributed by atoms with van der Waals surface area (Å²) in [6.07, 6.45) is 1.84. The van der Waals surface area contributed by atoms with Gasteiger partial charge in [0.2, 0.25) is 0 Å². The van der Waals surface area contributed by atoms with Crippen LogP contribution < -0.4 is 4.74 Å². The van der Waals surface area contributed by atoms with Crippen molar-refractivity contribution >= 4 is 39.2 Å². The molecule has 0 spiro atoms. The predicted octanol–water partition coefficient (Wildman–Crippen LogP) is 7.05. The lowest BCUT2D eigenvalue weighted by molar-refractivity contribution is 0.305. The molecule has 3 aromatic rings. The van der Waals surface area contributed by atoms with Gasteiger partial charge in [0.1, 0.15) is 12.4 Å². The number of ether oxygens (including phenoxy) is 1. The molecule has 3 rings (SSSR count). The third-order valence-corrected chi connectivity index (χ3v) is 4.96. The minimum Gasteiger partial charge on any atom is -0.488 e. The van der Waals surface area contributed by atoms with Gasteiger partial charge in [0, 0.05) is 20.6 Å². The Morgan fingerprint density at radius 2 is 1.85 bits per heavy atom. The van der Waals surface area contributed by atoms with E-state index in [1.807, 2.05) is 79.7 Å². The van der Waals surface area contributed by atoms with Crippen LogP contribution >= 0.6 is 27.5 Å². The molecule has 3 aromatic carbocycles. The number of nitriles is 1. The van der Waals surface area contributed by atoms with Crippen LogP contribution in [0.3, 0.4) is 0 Å². The van der Waals surface area contributed by atoms with Crippen molar-refractivity contribution in [2.45, 2.75) is 13.5 Å². The van der Waals surface area contributed by atoms with Crippen LogP contribution in [0.15, 0.2) is 71.2 Å². The SMILES string of the molecule is Cc1ccc(/C(C#N)=C\c2cc(Br)ccc2OCc2ccccc2Cl)cc1. The Bertz CT molecular complexity index is 1020. The highest BCUT2D eigenvalue weighted by molar-refractivity contribution is 9.10. The van der Waals surface area contributed by atoms with Crippen LogP contribution in [0.2, 0.25) is 5.02 Å². The maximum absolute atomic E-state index is 9.63. The first-order valence-corrected chi connectivity index (χ1v) is 9.58. The molecule has 0 bridgehead atoms. The van der Waals surface area contributed by atoms with Crippen LogP contribution in [0.5, 0.6) is 5.75 Å². The minimum absolute atomic E-state index is 0.356. The Morgan fingerprint density at radius 3 is 2.56 bits per heavy atom. The van der Waals surface area contributed by atoms with Gasteiger partial charge in [-0.1, -0.05) is 75.6 Å². The molecule has 0 fully saturated rings. The maximum Gasteiger partial charge on any atom is 0.127 e. The van der Waals surface area contributed by atoms with Crippen molar-refractivity contribution < 1.29 is 4.74 Å². The van der Waals surface area contributed by atoms with E-state index in [2.05, 4.69) is 22.0 Å². The predicted molar refractivity (Wildman–Crippen MR) is 115 cm³/mol. The van der Waals surface area contributed by atoms with Gasteiger partial charge in [0.25, 0.3) is 0 Å². The quantitative estimate of drug-likeness (QED) is 0.316. The van der Waals surface area contributed by atoms with Crippen LogP contribution in [0.25, 0.3) is 11.6 Å². The Hall–Kier alpha value is -2.54. The van der Waals surface area contributed by atoms with Gasteiger partial charge in [-0.3, -0.25) is 0 Å². The van der Waals surface area contributed by atoms with Gasteiger partial charge < -0.3 is 4.74 Å². The number of hydrogen-bond donors (Lipinski definition) is 0. The second-order valence-corrected chi connectivity index (χ2v) is 7.42. The van der Waals surface area contributed by atoms with E-state index < -0.39 is 0 Å². The van der Waals surface area contributed by atoms with E-state index >= 15 is 0 Å². The Balaban J connectivity index is 1.92. The lowest BCUT2D eigenvalue weighted by Gasteiger charge is -2.11. The van der Waals surface area contributed by atoms with Crippen LogP contribution in [0, 0.1) is 18.3 Å². The number of rotatable bonds is 5. The van der Waals surface area contributed by atoms with Crippen molar-refractivity contribution in [3.8, 4) is 11.8 Å². The molecule has 0 unspecified atom stereocenters. The fourth-order valence-corrected chi connectivity index (χ4v) is 3.17. The second kappa shape index (κ2) is 8.90. The molecule has 134 valence electrons. The molecule has 0 aliphatic heterocycles. The van der Waals surface area contributed by atoms with Crippen molar-refractivity contribution in [1.29, 1.82) is 5.26 Å². The van der Waals surface area contributed by atoms with Crippen molar-refractivity contribution in [2.75, 3.05) is 0 Å². The van der Waals surface area contributed by atoms with Gasteiger partial charge in [-0.2, -0.15) is 5.26 Å². The molecule has 0 aliphatic rings. The number of aryl methyl sites for hydroxylation is 1. The van der Waals surface area contributed by atoms with Gasteiger partial charge in [0.05, 0.1) is 11.6 Å². The van der Waals surface area contributed by atoms with Gasteiger partial charge >= 0.3 is 0 Å². The standard InChI is InChI=1S/C23H17BrClNO/c1-16-6-8-17(9-7-16)20(14-26)12-19-13-21(24)10-11-23(19)27-15-18-4-2-3-5-22(18)25/h2-13H,15H2,1H3/b20-12-. The fraction of sp³-hybridized carbons (Fsp3) is 0.0870. The molecule has 0 amide bonds. The van der Waals surface area contributed by atoms with Crippen molar-refractivity contribution in [3.05, 3.63) is 98.5 Å². The topological polar surface area (TPSA) is 33.0 Å². The number of halogens is 2. The summed E-state index contributed by atoms with van der Waals surface area (Å²) in [6.45, 7) is 2.38. The fourth-order valence-electron chi connectivity index (χ4n) is 2.60. The molecule has 0 radical (unpaired) electrons. The molecule has 2 nitrogen and oxygen atoms in total. The number of nitrogens with zero attached hydrogens (tertiary/aromatic N) is 1. The minimum atomic E-state index is 0.356. The summed E-state index contributed by atoms with van der Waals surface area (Å²) < 4.78 is 6.92. The molecule has 0 N–H and O–H groups in total. The highest BCUT2D eigenvalue weighted by Crippen LogP contribution is 2.29. The van der Waals surface area contributed by atoms with Gasteiger partial charge in [0.15, 0.2) is 0 Å². The zero-order valence-corrected chi connectivity index (χ0v) is 17.1. The third-order valence-electron chi connectivity index (χ3n) is 4.10. The molecule has 0 heterocycles. The molecule has 0 saturated heterocycles. The highest BCUT2D eigenvalue weighted by atomic mass is 79.9. The van der Waals surface area contributed by atoms with E-state index in [1.54, 1.807) is 0 Å². The summed E-state index contributed by atoms with van der Waals surface area (Å²) in [4.78, 5) is 0. The maximum atomic E-state index is 9.63. The van der Waals surface area contributed by atoms with E-state index in [-0.39, 0.29) is 0 Å². The Kier molecular flexibility index (Phi) is 6.34. The molecule has 0 aromatic heterocycles. The average Bonchev–Trinajstić information content (AvgIpc) is 2.67. The van der Waals surface area contributed by atoms with E-state index in [0.29, 0.717) is 23.0 Å². The second-order valence-electron chi connectivity index (χ2n) is 6.10. The number of benzene rings is 3. The summed E-state index contributed by atoms with van der Waals surface area (Å²) in [6, 6.07) is 23.5. The van der Waals surface area contributed by atoms with E-state index in [9.17, 15) is 5.26 Å². The Morgan fingerprint density at radius 1 is 1.11 bits per heavy atom. The molecule has 0 saturated carbocycles. The summed E-state index contributed by atoms with van der Waals surface area (Å²) >= 11 is 9.71. The first-order valence-electron chi connectivity index (χ1n) is 8.41. The van der Waals surface area contributed by atoms with E-state index in [1.165, 1.54) is 0 Å². The van der Waals surface area contributed by atoms with E-state index in [0.717, 1.165) is 26.7 Å². The zero-order chi connectivity index (χ0) is 19.2. The summed E-state index contributed by atoms with van der Waals surface area (Å²) in [7, 11) is 0. The summed E-state index contributed by atoms with van der Waals surface area (Å²) in [5.74, 6) is 0.693. The molecule has 27 heavy (non-hydrogen) atoms. The van der Waals surface area contributed by atoms with Gasteiger partial charge in [-0.05, 0) is 42.8 Å². The smallest absolute Gasteiger partial charge is 0.127 e. The highest BCUT2D eigenvalue weighted by Gasteiger charge is 2.08.